The number of methoxy groups -OCH3 is 1. The molecule has 1 atom stereocenters. The van der Waals surface area contributed by atoms with Crippen LogP contribution in [0.4, 0.5) is 0 Å². The topological polar surface area (TPSA) is 72.9 Å². The fourth-order valence-electron chi connectivity index (χ4n) is 3.46. The molecule has 0 unspecified atom stereocenters. The van der Waals surface area contributed by atoms with Crippen LogP contribution in [0.2, 0.25) is 0 Å². The molecule has 1 amide bonds. The largest absolute Gasteiger partial charge is 0.497 e. The van der Waals surface area contributed by atoms with Crippen LogP contribution in [0.1, 0.15) is 35.7 Å². The number of rotatable bonds is 8. The predicted octanol–water partition coefficient (Wildman–Crippen LogP) is 3.31. The minimum absolute atomic E-state index is 0.00522. The van der Waals surface area contributed by atoms with E-state index in [1.165, 1.54) is 0 Å². The monoisotopic (exact) mass is 417 g/mol. The van der Waals surface area contributed by atoms with Gasteiger partial charge in [-0.3, -0.25) is 4.79 Å². The average molecular weight is 418 g/mol. The van der Waals surface area contributed by atoms with Crippen LogP contribution < -0.4 is 9.47 Å². The molecule has 156 valence electrons. The van der Waals surface area contributed by atoms with Gasteiger partial charge in [0.15, 0.2) is 9.84 Å². The highest BCUT2D eigenvalue weighted by Gasteiger charge is 2.35. The van der Waals surface area contributed by atoms with E-state index in [1.54, 1.807) is 30.2 Å². The van der Waals surface area contributed by atoms with Crippen molar-refractivity contribution >= 4 is 15.7 Å². The van der Waals surface area contributed by atoms with Gasteiger partial charge in [-0.1, -0.05) is 25.1 Å². The smallest absolute Gasteiger partial charge is 0.254 e. The van der Waals surface area contributed by atoms with Crippen LogP contribution in [-0.4, -0.2) is 50.5 Å². The molecule has 0 aliphatic carbocycles. The van der Waals surface area contributed by atoms with Crippen molar-refractivity contribution in [2.75, 3.05) is 25.2 Å². The Kier molecular flexibility index (Phi) is 6.79. The summed E-state index contributed by atoms with van der Waals surface area (Å²) in [6.07, 6.45) is 1.32. The summed E-state index contributed by atoms with van der Waals surface area (Å²) in [6, 6.07) is 14.2. The summed E-state index contributed by atoms with van der Waals surface area (Å²) in [7, 11) is -1.53. The van der Waals surface area contributed by atoms with Gasteiger partial charge in [-0.25, -0.2) is 8.42 Å². The summed E-state index contributed by atoms with van der Waals surface area (Å²) >= 11 is 0. The Hall–Kier alpha value is -2.54. The molecule has 1 saturated heterocycles. The second kappa shape index (κ2) is 9.31. The number of amides is 1. The third-order valence-corrected chi connectivity index (χ3v) is 6.70. The molecule has 0 aromatic heterocycles. The number of hydrogen-bond donors (Lipinski definition) is 0. The van der Waals surface area contributed by atoms with Gasteiger partial charge < -0.3 is 14.4 Å². The van der Waals surface area contributed by atoms with Crippen molar-refractivity contribution in [1.82, 2.24) is 4.90 Å². The summed E-state index contributed by atoms with van der Waals surface area (Å²) in [5.74, 6) is 1.24. The molecule has 1 aliphatic heterocycles. The van der Waals surface area contributed by atoms with Gasteiger partial charge in [0.25, 0.3) is 5.91 Å². The van der Waals surface area contributed by atoms with Crippen molar-refractivity contribution < 1.29 is 22.7 Å². The average Bonchev–Trinajstić information content (AvgIpc) is 3.09. The number of carbonyl (C=O) groups excluding carboxylic acids is 1. The zero-order valence-corrected chi connectivity index (χ0v) is 17.7. The minimum atomic E-state index is -3.12. The number of hydrogen-bond acceptors (Lipinski definition) is 5. The Labute approximate surface area is 172 Å². The number of carbonyl (C=O) groups is 1. The predicted molar refractivity (Wildman–Crippen MR) is 112 cm³/mol. The van der Waals surface area contributed by atoms with Gasteiger partial charge in [0, 0.05) is 18.2 Å². The fraction of sp³-hybridized carbons (Fsp3) is 0.409. The molecule has 0 spiro atoms. The van der Waals surface area contributed by atoms with E-state index in [-0.39, 0.29) is 23.5 Å². The molecule has 7 heteroatoms. The maximum absolute atomic E-state index is 13.4. The zero-order valence-electron chi connectivity index (χ0n) is 16.8. The van der Waals surface area contributed by atoms with Gasteiger partial charge in [0.1, 0.15) is 11.5 Å². The van der Waals surface area contributed by atoms with Gasteiger partial charge in [0.2, 0.25) is 0 Å². The molecule has 1 fully saturated rings. The summed E-state index contributed by atoms with van der Waals surface area (Å²) in [5.41, 5.74) is 1.38. The van der Waals surface area contributed by atoms with E-state index in [4.69, 9.17) is 9.47 Å². The van der Waals surface area contributed by atoms with E-state index in [0.717, 1.165) is 12.0 Å². The second-order valence-corrected chi connectivity index (χ2v) is 9.45. The van der Waals surface area contributed by atoms with Gasteiger partial charge in [-0.05, 0) is 48.7 Å². The molecule has 2 aromatic carbocycles. The standard InChI is InChI=1S/C22H27NO5S/c1-3-11-28-21-9-5-7-18(14-21)22(24)23(19-10-12-29(25,26)16-19)15-17-6-4-8-20(13-17)27-2/h4-9,13-14,19H,3,10-12,15-16H2,1-2H3/t19-/m1/s1. The van der Waals surface area contributed by atoms with Crippen molar-refractivity contribution in [2.45, 2.75) is 32.4 Å². The number of benzene rings is 2. The lowest BCUT2D eigenvalue weighted by Gasteiger charge is -2.29. The van der Waals surface area contributed by atoms with E-state index < -0.39 is 9.84 Å². The van der Waals surface area contributed by atoms with Crippen molar-refractivity contribution in [3.63, 3.8) is 0 Å². The molecule has 0 N–H and O–H groups in total. The molecule has 0 bridgehead atoms. The maximum Gasteiger partial charge on any atom is 0.254 e. The number of ether oxygens (including phenoxy) is 2. The van der Waals surface area contributed by atoms with E-state index in [9.17, 15) is 13.2 Å². The van der Waals surface area contributed by atoms with Crippen molar-refractivity contribution in [2.24, 2.45) is 0 Å². The molecule has 0 radical (unpaired) electrons. The highest BCUT2D eigenvalue weighted by molar-refractivity contribution is 7.91. The summed E-state index contributed by atoms with van der Waals surface area (Å²) in [5, 5.41) is 0. The highest BCUT2D eigenvalue weighted by Crippen LogP contribution is 2.25. The lowest BCUT2D eigenvalue weighted by molar-refractivity contribution is 0.0680. The minimum Gasteiger partial charge on any atom is -0.497 e. The summed E-state index contributed by atoms with van der Waals surface area (Å²) in [4.78, 5) is 15.0. The zero-order chi connectivity index (χ0) is 20.9. The molecule has 2 aromatic rings. The third kappa shape index (κ3) is 5.50. The first-order valence-electron chi connectivity index (χ1n) is 9.79. The molecule has 6 nitrogen and oxygen atoms in total. The normalized spacial score (nSPS) is 17.7. The van der Waals surface area contributed by atoms with Crippen LogP contribution >= 0.6 is 0 Å². The van der Waals surface area contributed by atoms with Crippen LogP contribution in [0.15, 0.2) is 48.5 Å². The Balaban J connectivity index is 1.88. The Morgan fingerprint density at radius 1 is 1.14 bits per heavy atom. The third-order valence-electron chi connectivity index (χ3n) is 4.95. The van der Waals surface area contributed by atoms with Crippen molar-refractivity contribution in [3.8, 4) is 11.5 Å². The summed E-state index contributed by atoms with van der Waals surface area (Å²) < 4.78 is 35.0. The first kappa shape index (κ1) is 21.2. The SMILES string of the molecule is CCCOc1cccc(C(=O)N(Cc2cccc(OC)c2)[C@@H]2CCS(=O)(=O)C2)c1. The second-order valence-electron chi connectivity index (χ2n) is 7.22. The molecule has 0 saturated carbocycles. The highest BCUT2D eigenvalue weighted by atomic mass is 32.2. The molecular weight excluding hydrogens is 390 g/mol. The van der Waals surface area contributed by atoms with Crippen LogP contribution in [0.5, 0.6) is 11.5 Å². The van der Waals surface area contributed by atoms with Crippen LogP contribution in [0.3, 0.4) is 0 Å². The van der Waals surface area contributed by atoms with Crippen LogP contribution in [0.25, 0.3) is 0 Å². The van der Waals surface area contributed by atoms with E-state index in [0.29, 0.717) is 36.6 Å². The van der Waals surface area contributed by atoms with Crippen molar-refractivity contribution in [1.29, 1.82) is 0 Å². The first-order chi connectivity index (χ1) is 13.9. The van der Waals surface area contributed by atoms with Gasteiger partial charge in [-0.2, -0.15) is 0 Å². The Morgan fingerprint density at radius 2 is 1.90 bits per heavy atom. The van der Waals surface area contributed by atoms with E-state index >= 15 is 0 Å². The lowest BCUT2D eigenvalue weighted by atomic mass is 10.1. The lowest BCUT2D eigenvalue weighted by Crippen LogP contribution is -2.40. The molecule has 1 heterocycles. The van der Waals surface area contributed by atoms with E-state index in [2.05, 4.69) is 0 Å². The number of sulfone groups is 1. The van der Waals surface area contributed by atoms with Gasteiger partial charge >= 0.3 is 0 Å². The maximum atomic E-state index is 13.4. The van der Waals surface area contributed by atoms with E-state index in [1.807, 2.05) is 37.3 Å². The molecular formula is C22H27NO5S. The van der Waals surface area contributed by atoms with Crippen molar-refractivity contribution in [3.05, 3.63) is 59.7 Å². The quantitative estimate of drug-likeness (QED) is 0.659. The first-order valence-corrected chi connectivity index (χ1v) is 11.6. The van der Waals surface area contributed by atoms with Gasteiger partial charge in [-0.15, -0.1) is 0 Å². The van der Waals surface area contributed by atoms with Crippen LogP contribution in [0, 0.1) is 0 Å². The number of nitrogens with zero attached hydrogens (tertiary/aromatic N) is 1. The summed E-state index contributed by atoms with van der Waals surface area (Å²) in [6.45, 7) is 2.91. The fourth-order valence-corrected chi connectivity index (χ4v) is 5.19. The molecule has 1 aliphatic rings. The molecule has 3 rings (SSSR count). The Morgan fingerprint density at radius 3 is 2.59 bits per heavy atom. The molecule has 29 heavy (non-hydrogen) atoms. The van der Waals surface area contributed by atoms with Crippen LogP contribution in [-0.2, 0) is 16.4 Å². The Bertz CT molecular complexity index is 957. The van der Waals surface area contributed by atoms with Gasteiger partial charge in [0.05, 0.1) is 25.2 Å².